The van der Waals surface area contributed by atoms with Gasteiger partial charge in [0.25, 0.3) is 0 Å². The third kappa shape index (κ3) is 11.2. The Hall–Kier alpha value is -12.5. The molecule has 0 atom stereocenters. The monoisotopic (exact) mass is 1290 g/mol. The van der Waals surface area contributed by atoms with E-state index in [2.05, 4.69) is 19.6 Å². The highest BCUT2D eigenvalue weighted by Crippen LogP contribution is 2.49. The fourth-order valence-electron chi connectivity index (χ4n) is 13.8. The number of rotatable bonds is 15. The highest BCUT2D eigenvalue weighted by atomic mass is 19.4. The molecule has 0 aliphatic heterocycles. The van der Waals surface area contributed by atoms with E-state index in [1.54, 1.807) is 9.13 Å². The maximum absolute atomic E-state index is 16.2. The molecule has 0 saturated heterocycles. The molecule has 16 rings (SSSR count). The summed E-state index contributed by atoms with van der Waals surface area (Å²) in [4.78, 5) is 8.44. The molecule has 16 aromatic rings. The zero-order chi connectivity index (χ0) is 66.5. The van der Waals surface area contributed by atoms with Crippen LogP contribution in [0.25, 0.3) is 66.1 Å². The van der Waals surface area contributed by atoms with Gasteiger partial charge in [-0.2, -0.15) is 26.3 Å². The molecule has 14 aromatic carbocycles. The van der Waals surface area contributed by atoms with Crippen molar-refractivity contribution in [1.82, 2.24) is 9.13 Å². The number of aromatic nitrogens is 2. The van der Waals surface area contributed by atoms with Crippen LogP contribution >= 0.6 is 0 Å². The van der Waals surface area contributed by atoms with Crippen LogP contribution in [-0.4, -0.2) is 9.13 Å². The van der Waals surface area contributed by atoms with E-state index in [1.807, 2.05) is 315 Å². The Morgan fingerprint density at radius 2 is 0.388 bits per heavy atom. The standard InChI is InChI=1S/C86H58F6N6/c87-85(88,89)77-47-41-59(53-83(77)97-79-49-43-69(93(61-25-9-1-10-26-61)62-27-11-2-12-28-62)55-73(79)74-56-70(44-50-80(74)97)94(63-29-13-3-14-30-63)64-31-15-4-16-32-64)60-42-48-78(86(90,91)92)84(54-60)98-81-51-45-71(95(65-33-17-5-18-34-65)66-35-19-6-20-36-66)57-75(81)76-58-72(46-52-82(76)98)96(67-37-21-7-22-38-67)68-39-23-8-24-40-68/h1-58H. The van der Waals surface area contributed by atoms with Crippen LogP contribution in [0.5, 0.6) is 0 Å². The largest absolute Gasteiger partial charge is 0.418 e. The van der Waals surface area contributed by atoms with E-state index in [4.69, 9.17) is 0 Å². The zero-order valence-electron chi connectivity index (χ0n) is 52.4. The molecule has 0 saturated carbocycles. The van der Waals surface area contributed by atoms with E-state index in [0.29, 0.717) is 43.6 Å². The van der Waals surface area contributed by atoms with Crippen LogP contribution in [-0.2, 0) is 12.4 Å². The lowest BCUT2D eigenvalue weighted by Crippen LogP contribution is -2.12. The summed E-state index contributed by atoms with van der Waals surface area (Å²) < 4.78 is 100. The van der Waals surface area contributed by atoms with Crippen molar-refractivity contribution in [2.75, 3.05) is 19.6 Å². The lowest BCUT2D eigenvalue weighted by atomic mass is 9.99. The van der Waals surface area contributed by atoms with Gasteiger partial charge in [0.15, 0.2) is 0 Å². The topological polar surface area (TPSA) is 22.8 Å². The molecule has 0 N–H and O–H groups in total. The van der Waals surface area contributed by atoms with Gasteiger partial charge < -0.3 is 28.7 Å². The van der Waals surface area contributed by atoms with Crippen LogP contribution in [0, 0.1) is 0 Å². The number of fused-ring (bicyclic) bond motifs is 6. The first kappa shape index (κ1) is 60.4. The normalized spacial score (nSPS) is 11.8. The average Bonchev–Trinajstić information content (AvgIpc) is 1.58. The van der Waals surface area contributed by atoms with Crippen LogP contribution in [0.1, 0.15) is 11.1 Å². The van der Waals surface area contributed by atoms with E-state index in [0.717, 1.165) is 80.4 Å². The van der Waals surface area contributed by atoms with Gasteiger partial charge >= 0.3 is 12.4 Å². The summed E-state index contributed by atoms with van der Waals surface area (Å²) in [5.41, 5.74) is 10.2. The first-order valence-corrected chi connectivity index (χ1v) is 32.1. The lowest BCUT2D eigenvalue weighted by molar-refractivity contribution is -0.138. The minimum absolute atomic E-state index is 0.206. The Kier molecular flexibility index (Phi) is 15.4. The van der Waals surface area contributed by atoms with Crippen molar-refractivity contribution in [2.24, 2.45) is 0 Å². The summed E-state index contributed by atoms with van der Waals surface area (Å²) in [5.74, 6) is 0. The van der Waals surface area contributed by atoms with Gasteiger partial charge in [-0.15, -0.1) is 0 Å². The molecule has 0 aliphatic rings. The first-order chi connectivity index (χ1) is 47.9. The number of benzene rings is 14. The first-order valence-electron chi connectivity index (χ1n) is 32.1. The van der Waals surface area contributed by atoms with Crippen molar-refractivity contribution >= 4 is 112 Å². The minimum atomic E-state index is -4.88. The molecule has 0 amide bonds. The molecule has 0 spiro atoms. The van der Waals surface area contributed by atoms with Gasteiger partial charge in [0.1, 0.15) is 0 Å². The number of anilines is 12. The van der Waals surface area contributed by atoms with Crippen molar-refractivity contribution in [3.05, 3.63) is 363 Å². The SMILES string of the molecule is FC(F)(F)c1ccc(-c2ccc(C(F)(F)F)c(-n3c4ccc(N(c5ccccc5)c5ccccc5)cc4c4cc(N(c5ccccc5)c5ccccc5)ccc43)c2)cc1-n1c2ccc(N(c3ccccc3)c3ccccc3)cc2c2cc(N(c3ccccc3)c3ccccc3)ccc21. The van der Waals surface area contributed by atoms with Crippen LogP contribution < -0.4 is 19.6 Å². The molecule has 2 aromatic heterocycles. The van der Waals surface area contributed by atoms with Gasteiger partial charge in [-0.1, -0.05) is 158 Å². The molecule has 98 heavy (non-hydrogen) atoms. The van der Waals surface area contributed by atoms with Crippen molar-refractivity contribution < 1.29 is 26.3 Å². The third-order valence-corrected chi connectivity index (χ3v) is 18.0. The molecule has 2 heterocycles. The minimum Gasteiger partial charge on any atom is -0.310 e. The quantitative estimate of drug-likeness (QED) is 0.0954. The molecule has 0 fully saturated rings. The maximum atomic E-state index is 16.2. The molecular formula is C86H58F6N6. The van der Waals surface area contributed by atoms with E-state index >= 15 is 26.3 Å². The summed E-state index contributed by atoms with van der Waals surface area (Å²) in [7, 11) is 0. The Morgan fingerprint density at radius 1 is 0.194 bits per heavy atom. The molecule has 0 bridgehead atoms. The Labute approximate surface area is 561 Å². The number of alkyl halides is 6. The summed E-state index contributed by atoms with van der Waals surface area (Å²) in [6.07, 6.45) is -9.77. The van der Waals surface area contributed by atoms with Crippen LogP contribution in [0.15, 0.2) is 352 Å². The zero-order valence-corrected chi connectivity index (χ0v) is 52.4. The van der Waals surface area contributed by atoms with E-state index < -0.39 is 23.5 Å². The van der Waals surface area contributed by atoms with E-state index in [1.165, 1.54) is 24.3 Å². The second-order valence-electron chi connectivity index (χ2n) is 24.0. The smallest absolute Gasteiger partial charge is 0.310 e. The van der Waals surface area contributed by atoms with Gasteiger partial charge in [0, 0.05) is 89.8 Å². The number of para-hydroxylation sites is 8. The van der Waals surface area contributed by atoms with Gasteiger partial charge in [-0.3, -0.25) is 0 Å². The predicted molar refractivity (Wildman–Crippen MR) is 389 cm³/mol. The Balaban J connectivity index is 0.922. The number of halogens is 6. The summed E-state index contributed by atoms with van der Waals surface area (Å²) in [6.45, 7) is 0. The van der Waals surface area contributed by atoms with Crippen LogP contribution in [0.2, 0.25) is 0 Å². The molecular weight excluding hydrogens is 1230 g/mol. The third-order valence-electron chi connectivity index (χ3n) is 18.0. The predicted octanol–water partition coefficient (Wildman–Crippen LogP) is 25.5. The summed E-state index contributed by atoms with van der Waals surface area (Å²) in [6, 6.07) is 110. The van der Waals surface area contributed by atoms with Crippen molar-refractivity contribution in [2.45, 2.75) is 12.4 Å². The number of nitrogens with zero attached hydrogens (tertiary/aromatic N) is 6. The summed E-state index contributed by atoms with van der Waals surface area (Å²) >= 11 is 0. The van der Waals surface area contributed by atoms with Crippen LogP contribution in [0.4, 0.5) is 94.6 Å². The van der Waals surface area contributed by atoms with E-state index in [-0.39, 0.29) is 22.5 Å². The Bertz CT molecular complexity index is 4750. The fraction of sp³-hybridized carbons (Fsp3) is 0.0233. The van der Waals surface area contributed by atoms with E-state index in [9.17, 15) is 0 Å². The molecule has 12 heteroatoms. The van der Waals surface area contributed by atoms with Crippen molar-refractivity contribution in [3.63, 3.8) is 0 Å². The fourth-order valence-corrected chi connectivity index (χ4v) is 13.8. The number of hydrogen-bond donors (Lipinski definition) is 0. The van der Waals surface area contributed by atoms with Gasteiger partial charge in [-0.05, 0) is 205 Å². The molecule has 6 nitrogen and oxygen atoms in total. The van der Waals surface area contributed by atoms with Crippen molar-refractivity contribution in [1.29, 1.82) is 0 Å². The maximum Gasteiger partial charge on any atom is 0.418 e. The lowest BCUT2D eigenvalue weighted by Gasteiger charge is -2.26. The molecule has 0 unspecified atom stereocenters. The number of hydrogen-bond acceptors (Lipinski definition) is 4. The summed E-state index contributed by atoms with van der Waals surface area (Å²) in [5, 5.41) is 2.65. The van der Waals surface area contributed by atoms with Crippen LogP contribution in [0.3, 0.4) is 0 Å². The molecule has 0 radical (unpaired) electrons. The van der Waals surface area contributed by atoms with Crippen molar-refractivity contribution in [3.8, 4) is 22.5 Å². The molecule has 474 valence electrons. The second-order valence-corrected chi connectivity index (χ2v) is 24.0. The highest BCUT2D eigenvalue weighted by molar-refractivity contribution is 6.14. The average molecular weight is 1290 g/mol. The highest BCUT2D eigenvalue weighted by Gasteiger charge is 2.38. The molecule has 0 aliphatic carbocycles. The second kappa shape index (κ2) is 25.0. The van der Waals surface area contributed by atoms with Gasteiger partial charge in [0.05, 0.1) is 44.6 Å². The van der Waals surface area contributed by atoms with Gasteiger partial charge in [-0.25, -0.2) is 0 Å². The van der Waals surface area contributed by atoms with Gasteiger partial charge in [0.2, 0.25) is 0 Å². The Morgan fingerprint density at radius 3 is 0.571 bits per heavy atom.